The molecule has 2 saturated carbocycles. The average Bonchev–Trinajstić information content (AvgIpc) is 3.07. The second-order valence-corrected chi connectivity index (χ2v) is 10.6. The number of rotatable bonds is 7. The molecule has 0 aromatic rings. The summed E-state index contributed by atoms with van der Waals surface area (Å²) < 4.78 is 10.3. The highest BCUT2D eigenvalue weighted by Crippen LogP contribution is 2.45. The number of carbonyl (C=O) groups excluding carboxylic acids is 4. The predicted molar refractivity (Wildman–Crippen MR) is 122 cm³/mol. The molecule has 0 aromatic carbocycles. The number of aliphatic hydroxyl groups excluding tert-OH is 1. The van der Waals surface area contributed by atoms with Gasteiger partial charge in [-0.25, -0.2) is 9.59 Å². The summed E-state index contributed by atoms with van der Waals surface area (Å²) in [5.41, 5.74) is -1.89. The van der Waals surface area contributed by atoms with Gasteiger partial charge in [-0.15, -0.1) is 6.58 Å². The number of carbonyl (C=O) groups is 4. The van der Waals surface area contributed by atoms with Crippen molar-refractivity contribution in [3.8, 4) is 0 Å². The number of aliphatic hydroxyl groups is 1. The topological polar surface area (TPSA) is 134 Å². The fourth-order valence-corrected chi connectivity index (χ4v) is 4.92. The fourth-order valence-electron chi connectivity index (χ4n) is 4.92. The summed E-state index contributed by atoms with van der Waals surface area (Å²) >= 11 is 0. The van der Waals surface area contributed by atoms with Gasteiger partial charge in [-0.1, -0.05) is 26.8 Å². The molecule has 10 nitrogen and oxygen atoms in total. The van der Waals surface area contributed by atoms with Crippen LogP contribution in [0, 0.1) is 11.3 Å². The van der Waals surface area contributed by atoms with Crippen LogP contribution in [0.5, 0.6) is 0 Å². The summed E-state index contributed by atoms with van der Waals surface area (Å²) in [5.74, 6) is -1.89. The van der Waals surface area contributed by atoms with E-state index in [0.717, 1.165) is 25.7 Å². The second kappa shape index (κ2) is 9.93. The first-order chi connectivity index (χ1) is 15.9. The lowest BCUT2D eigenvalue weighted by atomic mass is 9.85. The molecule has 34 heavy (non-hydrogen) atoms. The van der Waals surface area contributed by atoms with E-state index in [2.05, 4.69) is 17.2 Å². The molecule has 10 heteroatoms. The third-order valence-corrected chi connectivity index (χ3v) is 7.01. The zero-order valence-corrected chi connectivity index (χ0v) is 20.5. The van der Waals surface area contributed by atoms with Crippen molar-refractivity contribution in [2.45, 2.75) is 89.1 Å². The number of β-amino-alcohol motifs (C(OH)–C–C–N with tert-alkyl or cyclic N) is 1. The molecule has 0 spiro atoms. The summed E-state index contributed by atoms with van der Waals surface area (Å²) in [6.45, 7) is 9.05. The number of nitrogens with one attached hydrogen (secondary N) is 2. The molecule has 3 fully saturated rings. The van der Waals surface area contributed by atoms with Gasteiger partial charge in [0.2, 0.25) is 11.8 Å². The van der Waals surface area contributed by atoms with E-state index < -0.39 is 53.0 Å². The smallest absolute Gasteiger partial charge is 0.408 e. The van der Waals surface area contributed by atoms with Crippen molar-refractivity contribution in [2.24, 2.45) is 11.3 Å². The van der Waals surface area contributed by atoms with Gasteiger partial charge in [0.15, 0.2) is 0 Å². The second-order valence-electron chi connectivity index (χ2n) is 10.6. The summed E-state index contributed by atoms with van der Waals surface area (Å²) in [4.78, 5) is 52.9. The zero-order valence-electron chi connectivity index (χ0n) is 20.5. The van der Waals surface area contributed by atoms with Crippen LogP contribution >= 0.6 is 0 Å². The van der Waals surface area contributed by atoms with Crippen molar-refractivity contribution in [3.05, 3.63) is 12.7 Å². The minimum Gasteiger partial charge on any atom is -0.467 e. The van der Waals surface area contributed by atoms with Gasteiger partial charge in [0.05, 0.1) is 13.2 Å². The normalized spacial score (nSPS) is 29.8. The molecule has 0 radical (unpaired) electrons. The van der Waals surface area contributed by atoms with Crippen LogP contribution in [0.15, 0.2) is 12.7 Å². The van der Waals surface area contributed by atoms with E-state index in [1.165, 1.54) is 12.0 Å². The molecule has 1 unspecified atom stereocenters. The number of likely N-dealkylation sites (tertiary alicyclic amines) is 1. The molecule has 3 aliphatic rings. The molecule has 3 N–H and O–H groups in total. The lowest BCUT2D eigenvalue weighted by Crippen LogP contribution is -2.59. The number of alkyl carbamates (subject to hydrolysis) is 1. The lowest BCUT2D eigenvalue weighted by Gasteiger charge is -2.35. The van der Waals surface area contributed by atoms with Crippen LogP contribution in [-0.4, -0.2) is 77.4 Å². The Morgan fingerprint density at radius 1 is 1.21 bits per heavy atom. The monoisotopic (exact) mass is 479 g/mol. The molecule has 0 aromatic heterocycles. The van der Waals surface area contributed by atoms with E-state index in [1.54, 1.807) is 26.8 Å². The van der Waals surface area contributed by atoms with E-state index in [-0.39, 0.29) is 25.0 Å². The van der Waals surface area contributed by atoms with Crippen LogP contribution in [0.2, 0.25) is 0 Å². The van der Waals surface area contributed by atoms with Crippen molar-refractivity contribution < 1.29 is 33.8 Å². The summed E-state index contributed by atoms with van der Waals surface area (Å²) in [7, 11) is 1.24. The minimum absolute atomic E-state index is 0.0248. The fraction of sp³-hybridized carbons (Fsp3) is 0.750. The Morgan fingerprint density at radius 3 is 2.38 bits per heavy atom. The van der Waals surface area contributed by atoms with Crippen LogP contribution in [0.4, 0.5) is 4.79 Å². The van der Waals surface area contributed by atoms with E-state index in [0.29, 0.717) is 6.42 Å². The van der Waals surface area contributed by atoms with E-state index in [9.17, 15) is 24.3 Å². The summed E-state index contributed by atoms with van der Waals surface area (Å²) in [6.07, 6.45) is 3.84. The van der Waals surface area contributed by atoms with E-state index >= 15 is 0 Å². The molecule has 1 saturated heterocycles. The van der Waals surface area contributed by atoms with Gasteiger partial charge in [0.1, 0.15) is 23.7 Å². The highest BCUT2D eigenvalue weighted by atomic mass is 16.6. The third-order valence-electron chi connectivity index (χ3n) is 7.01. The van der Waals surface area contributed by atoms with Crippen LogP contribution in [0.1, 0.15) is 59.3 Å². The Labute approximate surface area is 200 Å². The Morgan fingerprint density at radius 2 is 1.85 bits per heavy atom. The maximum Gasteiger partial charge on any atom is 0.408 e. The van der Waals surface area contributed by atoms with Crippen molar-refractivity contribution in [3.63, 3.8) is 0 Å². The van der Waals surface area contributed by atoms with Gasteiger partial charge in [0, 0.05) is 18.9 Å². The third kappa shape index (κ3) is 5.37. The Bertz CT molecular complexity index is 833. The van der Waals surface area contributed by atoms with Gasteiger partial charge in [-0.05, 0) is 37.5 Å². The molecular formula is C24H37N3O7. The molecule has 0 bridgehead atoms. The predicted octanol–water partition coefficient (Wildman–Crippen LogP) is 1.27. The average molecular weight is 480 g/mol. The van der Waals surface area contributed by atoms with Crippen molar-refractivity contribution in [1.29, 1.82) is 0 Å². The molecule has 190 valence electrons. The van der Waals surface area contributed by atoms with Gasteiger partial charge in [0.25, 0.3) is 0 Å². The summed E-state index contributed by atoms with van der Waals surface area (Å²) in [6, 6.07) is -1.97. The quantitative estimate of drug-likeness (QED) is 0.370. The number of esters is 1. The molecular weight excluding hydrogens is 442 g/mol. The van der Waals surface area contributed by atoms with Gasteiger partial charge >= 0.3 is 12.1 Å². The standard InChI is InChI=1S/C24H37N3O7/c1-6-14-12-24(14,21(31)33-5)26-19(29)17-11-15(28)13-27(17)20(30)18(23(2,3)4)25-22(32)34-16-9-7-8-10-16/h6,14-18,28H,1,7-13H2,2-5H3,(H,25,32)(H,26,29)/t14?,15-,17-,18+,24+/m0/s1. The molecule has 3 amide bonds. The first kappa shape index (κ1) is 26.0. The number of methoxy groups -OCH3 is 1. The molecule has 5 atom stereocenters. The highest BCUT2D eigenvalue weighted by Gasteiger charge is 2.62. The van der Waals surface area contributed by atoms with E-state index in [1.807, 2.05) is 0 Å². The van der Waals surface area contributed by atoms with Crippen molar-refractivity contribution in [1.82, 2.24) is 15.5 Å². The van der Waals surface area contributed by atoms with E-state index in [4.69, 9.17) is 9.47 Å². The van der Waals surface area contributed by atoms with Crippen LogP contribution in [0.3, 0.4) is 0 Å². The van der Waals surface area contributed by atoms with Gasteiger partial charge in [-0.2, -0.15) is 0 Å². The first-order valence-electron chi connectivity index (χ1n) is 11.9. The SMILES string of the molecule is C=CC1C[C@]1(NC(=O)[C@@H]1C[C@H](O)CN1C(=O)[C@@H](NC(=O)OC1CCCC1)C(C)(C)C)C(=O)OC. The summed E-state index contributed by atoms with van der Waals surface area (Å²) in [5, 5.41) is 15.7. The first-order valence-corrected chi connectivity index (χ1v) is 11.9. The highest BCUT2D eigenvalue weighted by molar-refractivity contribution is 5.96. The van der Waals surface area contributed by atoms with Crippen LogP contribution < -0.4 is 10.6 Å². The number of hydrogen-bond donors (Lipinski definition) is 3. The maximum absolute atomic E-state index is 13.6. The van der Waals surface area contributed by atoms with Crippen molar-refractivity contribution >= 4 is 23.9 Å². The molecule has 1 heterocycles. The number of hydrogen-bond acceptors (Lipinski definition) is 7. The number of amides is 3. The molecule has 2 aliphatic carbocycles. The number of ether oxygens (including phenoxy) is 2. The lowest BCUT2D eigenvalue weighted by molar-refractivity contribution is -0.148. The Balaban J connectivity index is 1.74. The van der Waals surface area contributed by atoms with Crippen molar-refractivity contribution in [2.75, 3.05) is 13.7 Å². The van der Waals surface area contributed by atoms with Gasteiger partial charge < -0.3 is 30.1 Å². The minimum atomic E-state index is -1.21. The number of nitrogens with zero attached hydrogens (tertiary/aromatic N) is 1. The molecule has 1 aliphatic heterocycles. The Kier molecular flexibility index (Phi) is 7.59. The van der Waals surface area contributed by atoms with Crippen LogP contribution in [-0.2, 0) is 23.9 Å². The largest absolute Gasteiger partial charge is 0.467 e. The zero-order chi connectivity index (χ0) is 25.3. The van der Waals surface area contributed by atoms with Crippen LogP contribution in [0.25, 0.3) is 0 Å². The Hall–Kier alpha value is -2.62. The van der Waals surface area contributed by atoms with Gasteiger partial charge in [-0.3, -0.25) is 9.59 Å². The maximum atomic E-state index is 13.6. The molecule has 3 rings (SSSR count).